The highest BCUT2D eigenvalue weighted by molar-refractivity contribution is 6.31. The van der Waals surface area contributed by atoms with E-state index in [-0.39, 0.29) is 17.9 Å². The number of benzene rings is 2. The minimum absolute atomic E-state index is 0.0323. The van der Waals surface area contributed by atoms with Crippen LogP contribution >= 0.6 is 11.6 Å². The van der Waals surface area contributed by atoms with E-state index in [1.807, 2.05) is 19.1 Å². The number of halogens is 1. The van der Waals surface area contributed by atoms with Gasteiger partial charge in [-0.25, -0.2) is 0 Å². The molecule has 0 aliphatic heterocycles. The summed E-state index contributed by atoms with van der Waals surface area (Å²) in [5.41, 5.74) is 2.19. The van der Waals surface area contributed by atoms with Crippen molar-refractivity contribution in [2.45, 2.75) is 13.3 Å². The molecule has 5 heteroatoms. The first-order chi connectivity index (χ1) is 9.47. The summed E-state index contributed by atoms with van der Waals surface area (Å²) in [6, 6.07) is 11.1. The SMILES string of the molecule is Cc1ccc(Cl)c(CC(=O)c2ccc([N+](=O)[O-])cc2)c1. The number of hydrogen-bond acceptors (Lipinski definition) is 3. The van der Waals surface area contributed by atoms with Gasteiger partial charge in [-0.3, -0.25) is 14.9 Å². The van der Waals surface area contributed by atoms with E-state index in [0.29, 0.717) is 10.6 Å². The zero-order valence-corrected chi connectivity index (χ0v) is 11.6. The molecule has 0 amide bonds. The Morgan fingerprint density at radius 2 is 1.85 bits per heavy atom. The monoisotopic (exact) mass is 289 g/mol. The van der Waals surface area contributed by atoms with E-state index in [9.17, 15) is 14.9 Å². The van der Waals surface area contributed by atoms with Crippen molar-refractivity contribution in [3.05, 3.63) is 74.3 Å². The molecule has 2 aromatic carbocycles. The average molecular weight is 290 g/mol. The molecule has 4 nitrogen and oxygen atoms in total. The predicted octanol–water partition coefficient (Wildman–Crippen LogP) is 3.98. The number of nitro groups is 1. The lowest BCUT2D eigenvalue weighted by molar-refractivity contribution is -0.384. The van der Waals surface area contributed by atoms with E-state index in [4.69, 9.17) is 11.6 Å². The van der Waals surface area contributed by atoms with Gasteiger partial charge in [0.25, 0.3) is 5.69 Å². The standard InChI is InChI=1S/C15H12ClNO3/c1-10-2-7-14(16)12(8-10)9-15(18)11-3-5-13(6-4-11)17(19)20/h2-8H,9H2,1H3. The third-order valence-electron chi connectivity index (χ3n) is 2.95. The van der Waals surface area contributed by atoms with Gasteiger partial charge in [0.1, 0.15) is 0 Å². The molecule has 20 heavy (non-hydrogen) atoms. The van der Waals surface area contributed by atoms with Crippen molar-refractivity contribution in [2.75, 3.05) is 0 Å². The van der Waals surface area contributed by atoms with Gasteiger partial charge in [-0.1, -0.05) is 29.3 Å². The van der Waals surface area contributed by atoms with Gasteiger partial charge in [-0.2, -0.15) is 0 Å². The molecule has 0 aliphatic rings. The maximum absolute atomic E-state index is 12.1. The molecular weight excluding hydrogens is 278 g/mol. The number of nitrogens with zero attached hydrogens (tertiary/aromatic N) is 1. The molecule has 0 bridgehead atoms. The fourth-order valence-corrected chi connectivity index (χ4v) is 2.07. The molecule has 102 valence electrons. The van der Waals surface area contributed by atoms with Crippen molar-refractivity contribution in [2.24, 2.45) is 0 Å². The van der Waals surface area contributed by atoms with Crippen LogP contribution in [0.4, 0.5) is 5.69 Å². The third kappa shape index (κ3) is 3.22. The molecule has 2 rings (SSSR count). The van der Waals surface area contributed by atoms with Gasteiger partial charge in [0.15, 0.2) is 5.78 Å². The maximum atomic E-state index is 12.1. The van der Waals surface area contributed by atoms with Crippen LogP contribution in [0.15, 0.2) is 42.5 Å². The number of nitro benzene ring substituents is 1. The number of rotatable bonds is 4. The quantitative estimate of drug-likeness (QED) is 0.486. The maximum Gasteiger partial charge on any atom is 0.269 e. The summed E-state index contributed by atoms with van der Waals surface area (Å²) in [4.78, 5) is 22.2. The summed E-state index contributed by atoms with van der Waals surface area (Å²) >= 11 is 6.05. The van der Waals surface area contributed by atoms with E-state index in [2.05, 4.69) is 0 Å². The van der Waals surface area contributed by atoms with Crippen LogP contribution in [0.1, 0.15) is 21.5 Å². The van der Waals surface area contributed by atoms with E-state index >= 15 is 0 Å². The summed E-state index contributed by atoms with van der Waals surface area (Å²) in [6.45, 7) is 1.93. The first-order valence-corrected chi connectivity index (χ1v) is 6.38. The number of non-ortho nitro benzene ring substituents is 1. The molecule has 0 saturated carbocycles. The van der Waals surface area contributed by atoms with Crippen LogP contribution < -0.4 is 0 Å². The molecule has 2 aromatic rings. The molecule has 0 spiro atoms. The van der Waals surface area contributed by atoms with Crippen LogP contribution in [0, 0.1) is 17.0 Å². The van der Waals surface area contributed by atoms with Crippen molar-refractivity contribution >= 4 is 23.1 Å². The van der Waals surface area contributed by atoms with Gasteiger partial charge < -0.3 is 0 Å². The van der Waals surface area contributed by atoms with Crippen LogP contribution in [0.3, 0.4) is 0 Å². The van der Waals surface area contributed by atoms with E-state index < -0.39 is 4.92 Å². The van der Waals surface area contributed by atoms with Gasteiger partial charge in [0.05, 0.1) is 4.92 Å². The summed E-state index contributed by atoms with van der Waals surface area (Å²) in [5.74, 6) is -0.118. The molecule has 0 heterocycles. The second-order valence-electron chi connectivity index (χ2n) is 4.50. The molecule has 0 aliphatic carbocycles. The third-order valence-corrected chi connectivity index (χ3v) is 3.32. The van der Waals surface area contributed by atoms with Crippen LogP contribution in [0.25, 0.3) is 0 Å². The van der Waals surface area contributed by atoms with Crippen molar-refractivity contribution < 1.29 is 9.72 Å². The Balaban J connectivity index is 2.19. The number of ketones is 1. The zero-order valence-electron chi connectivity index (χ0n) is 10.8. The summed E-state index contributed by atoms with van der Waals surface area (Å²) in [6.07, 6.45) is 0.179. The highest BCUT2D eigenvalue weighted by Gasteiger charge is 2.12. The average Bonchev–Trinajstić information content (AvgIpc) is 2.43. The van der Waals surface area contributed by atoms with E-state index in [1.54, 1.807) is 6.07 Å². The van der Waals surface area contributed by atoms with Gasteiger partial charge in [-0.05, 0) is 30.7 Å². The predicted molar refractivity (Wildman–Crippen MR) is 77.3 cm³/mol. The topological polar surface area (TPSA) is 60.2 Å². The van der Waals surface area contributed by atoms with Gasteiger partial charge in [0.2, 0.25) is 0 Å². The molecule has 0 atom stereocenters. The van der Waals surface area contributed by atoms with Crippen LogP contribution in [-0.4, -0.2) is 10.7 Å². The number of carbonyl (C=O) groups excluding carboxylic acids is 1. The molecule has 0 aromatic heterocycles. The second kappa shape index (κ2) is 5.84. The Bertz CT molecular complexity index is 665. The van der Waals surface area contributed by atoms with Crippen molar-refractivity contribution in [1.82, 2.24) is 0 Å². The van der Waals surface area contributed by atoms with Crippen LogP contribution in [0.2, 0.25) is 5.02 Å². The van der Waals surface area contributed by atoms with E-state index in [1.165, 1.54) is 24.3 Å². The van der Waals surface area contributed by atoms with Crippen LogP contribution in [-0.2, 0) is 6.42 Å². The minimum atomic E-state index is -0.494. The molecular formula is C15H12ClNO3. The second-order valence-corrected chi connectivity index (χ2v) is 4.91. The Morgan fingerprint density at radius 3 is 2.45 bits per heavy atom. The van der Waals surface area contributed by atoms with Gasteiger partial charge in [0, 0.05) is 29.1 Å². The van der Waals surface area contributed by atoms with Gasteiger partial charge >= 0.3 is 0 Å². The summed E-state index contributed by atoms with van der Waals surface area (Å²) < 4.78 is 0. The minimum Gasteiger partial charge on any atom is -0.294 e. The lowest BCUT2D eigenvalue weighted by Crippen LogP contribution is -2.04. The number of Topliss-reactive ketones (excluding diaryl/α,β-unsaturated/α-hetero) is 1. The van der Waals surface area contributed by atoms with Crippen LogP contribution in [0.5, 0.6) is 0 Å². The Kier molecular flexibility index (Phi) is 4.15. The first kappa shape index (κ1) is 14.2. The number of hydrogen-bond donors (Lipinski definition) is 0. The van der Waals surface area contributed by atoms with E-state index in [0.717, 1.165) is 11.1 Å². The molecule has 0 radical (unpaired) electrons. The lowest BCUT2D eigenvalue weighted by atomic mass is 10.0. The Morgan fingerprint density at radius 1 is 1.20 bits per heavy atom. The Labute approximate surface area is 121 Å². The van der Waals surface area contributed by atoms with Gasteiger partial charge in [-0.15, -0.1) is 0 Å². The lowest BCUT2D eigenvalue weighted by Gasteiger charge is -2.05. The highest BCUT2D eigenvalue weighted by Crippen LogP contribution is 2.20. The molecule has 0 unspecified atom stereocenters. The molecule has 0 fully saturated rings. The van der Waals surface area contributed by atoms with Crippen molar-refractivity contribution in [3.63, 3.8) is 0 Å². The Hall–Kier alpha value is -2.20. The molecule has 0 N–H and O–H groups in total. The largest absolute Gasteiger partial charge is 0.294 e. The first-order valence-electron chi connectivity index (χ1n) is 6.00. The normalized spacial score (nSPS) is 10.3. The smallest absolute Gasteiger partial charge is 0.269 e. The highest BCUT2D eigenvalue weighted by atomic mass is 35.5. The number of aryl methyl sites for hydroxylation is 1. The van der Waals surface area contributed by atoms with Crippen molar-refractivity contribution in [1.29, 1.82) is 0 Å². The summed E-state index contributed by atoms with van der Waals surface area (Å²) in [7, 11) is 0. The summed E-state index contributed by atoms with van der Waals surface area (Å²) in [5, 5.41) is 11.1. The molecule has 0 saturated heterocycles. The zero-order chi connectivity index (χ0) is 14.7. The fourth-order valence-electron chi connectivity index (χ4n) is 1.88. The fraction of sp³-hybridized carbons (Fsp3) is 0.133. The van der Waals surface area contributed by atoms with Crippen molar-refractivity contribution in [3.8, 4) is 0 Å². The number of carbonyl (C=O) groups is 1.